The maximum atomic E-state index is 11.6. The molecule has 1 aromatic rings. The average molecular weight is 218 g/mol. The van der Waals surface area contributed by atoms with Gasteiger partial charge >= 0.3 is 5.97 Å². The number of rotatable bonds is 3. The minimum absolute atomic E-state index is 0.188. The Balaban J connectivity index is 2.22. The number of hydrogen-bond donors (Lipinski definition) is 0. The van der Waals surface area contributed by atoms with Gasteiger partial charge in [0.15, 0.2) is 0 Å². The Morgan fingerprint density at radius 3 is 2.25 bits per heavy atom. The minimum atomic E-state index is -0.559. The zero-order valence-electron chi connectivity index (χ0n) is 10.1. The van der Waals surface area contributed by atoms with Gasteiger partial charge in [-0.15, -0.1) is 0 Å². The number of ether oxygens (including phenoxy) is 1. The Morgan fingerprint density at radius 1 is 1.25 bits per heavy atom. The first-order valence-corrected chi connectivity index (χ1v) is 5.74. The highest BCUT2D eigenvalue weighted by molar-refractivity contribution is 5.82. The zero-order valence-corrected chi connectivity index (χ0v) is 10.1. The van der Waals surface area contributed by atoms with E-state index in [-0.39, 0.29) is 5.97 Å². The molecule has 86 valence electrons. The average Bonchev–Trinajstić information content (AvgIpc) is 3.12. The van der Waals surface area contributed by atoms with Gasteiger partial charge in [0, 0.05) is 0 Å². The predicted octanol–water partition coefficient (Wildman–Crippen LogP) is 3.01. The summed E-state index contributed by atoms with van der Waals surface area (Å²) >= 11 is 0. The standard InChI is InChI=1S/C14H18O2/c1-14(2,13(15)16-3)12-8-6-11(7-9-12)10-4-5-10/h6-10H,4-5H2,1-3H3. The Kier molecular flexibility index (Phi) is 2.75. The van der Waals surface area contributed by atoms with Crippen molar-refractivity contribution in [1.82, 2.24) is 0 Å². The van der Waals surface area contributed by atoms with Crippen LogP contribution in [0.5, 0.6) is 0 Å². The molecule has 1 aromatic carbocycles. The lowest BCUT2D eigenvalue weighted by Gasteiger charge is -2.22. The topological polar surface area (TPSA) is 26.3 Å². The van der Waals surface area contributed by atoms with Gasteiger partial charge in [0.1, 0.15) is 0 Å². The van der Waals surface area contributed by atoms with Crippen molar-refractivity contribution in [2.45, 2.75) is 38.0 Å². The van der Waals surface area contributed by atoms with Gasteiger partial charge in [0.05, 0.1) is 12.5 Å². The number of hydrogen-bond acceptors (Lipinski definition) is 2. The van der Waals surface area contributed by atoms with Crippen LogP contribution in [0.4, 0.5) is 0 Å². The molecule has 0 N–H and O–H groups in total. The molecule has 1 fully saturated rings. The fourth-order valence-electron chi connectivity index (χ4n) is 1.96. The molecule has 0 unspecified atom stereocenters. The second kappa shape index (κ2) is 3.93. The molecule has 0 heterocycles. The molecule has 1 aliphatic rings. The Hall–Kier alpha value is -1.31. The summed E-state index contributed by atoms with van der Waals surface area (Å²) in [6.07, 6.45) is 2.61. The summed E-state index contributed by atoms with van der Waals surface area (Å²) < 4.78 is 4.82. The first-order valence-electron chi connectivity index (χ1n) is 5.74. The smallest absolute Gasteiger partial charge is 0.315 e. The maximum Gasteiger partial charge on any atom is 0.315 e. The van der Waals surface area contributed by atoms with Crippen LogP contribution in [0.15, 0.2) is 24.3 Å². The van der Waals surface area contributed by atoms with Gasteiger partial charge in [-0.3, -0.25) is 4.79 Å². The lowest BCUT2D eigenvalue weighted by molar-refractivity contribution is -0.146. The van der Waals surface area contributed by atoms with Gasteiger partial charge < -0.3 is 4.74 Å². The molecule has 2 heteroatoms. The molecule has 16 heavy (non-hydrogen) atoms. The van der Waals surface area contributed by atoms with Gasteiger partial charge in [-0.1, -0.05) is 24.3 Å². The van der Waals surface area contributed by atoms with Crippen LogP contribution in [0.1, 0.15) is 43.7 Å². The van der Waals surface area contributed by atoms with E-state index in [1.807, 2.05) is 26.0 Å². The summed E-state index contributed by atoms with van der Waals surface area (Å²) in [7, 11) is 1.43. The first-order chi connectivity index (χ1) is 7.55. The van der Waals surface area contributed by atoms with Crippen molar-refractivity contribution in [2.75, 3.05) is 7.11 Å². The number of methoxy groups -OCH3 is 1. The van der Waals surface area contributed by atoms with Crippen LogP contribution < -0.4 is 0 Å². The monoisotopic (exact) mass is 218 g/mol. The van der Waals surface area contributed by atoms with Crippen molar-refractivity contribution in [3.63, 3.8) is 0 Å². The molecule has 2 rings (SSSR count). The van der Waals surface area contributed by atoms with Crippen molar-refractivity contribution < 1.29 is 9.53 Å². The largest absolute Gasteiger partial charge is 0.468 e. The Labute approximate surface area is 96.6 Å². The van der Waals surface area contributed by atoms with E-state index in [0.29, 0.717) is 0 Å². The van der Waals surface area contributed by atoms with Crippen molar-refractivity contribution in [1.29, 1.82) is 0 Å². The molecule has 1 aliphatic carbocycles. The zero-order chi connectivity index (χ0) is 11.8. The van der Waals surface area contributed by atoms with E-state index in [1.165, 1.54) is 25.5 Å². The fraction of sp³-hybridized carbons (Fsp3) is 0.500. The van der Waals surface area contributed by atoms with Crippen molar-refractivity contribution in [3.05, 3.63) is 35.4 Å². The lowest BCUT2D eigenvalue weighted by atomic mass is 9.84. The second-order valence-corrected chi connectivity index (χ2v) is 5.01. The van der Waals surface area contributed by atoms with E-state index in [9.17, 15) is 4.79 Å². The van der Waals surface area contributed by atoms with Crippen LogP contribution in [0.25, 0.3) is 0 Å². The van der Waals surface area contributed by atoms with Crippen LogP contribution in [-0.4, -0.2) is 13.1 Å². The molecular formula is C14H18O2. The highest BCUT2D eigenvalue weighted by atomic mass is 16.5. The van der Waals surface area contributed by atoms with Crippen molar-refractivity contribution >= 4 is 5.97 Å². The van der Waals surface area contributed by atoms with E-state index < -0.39 is 5.41 Å². The number of benzene rings is 1. The minimum Gasteiger partial charge on any atom is -0.468 e. The van der Waals surface area contributed by atoms with Crippen LogP contribution in [0, 0.1) is 0 Å². The molecule has 0 bridgehead atoms. The molecule has 0 aliphatic heterocycles. The Bertz CT molecular complexity index is 386. The third-order valence-corrected chi connectivity index (χ3v) is 3.38. The quantitative estimate of drug-likeness (QED) is 0.729. The van der Waals surface area contributed by atoms with E-state index in [0.717, 1.165) is 11.5 Å². The molecule has 0 saturated heterocycles. The lowest BCUT2D eigenvalue weighted by Crippen LogP contribution is -2.30. The molecule has 2 nitrogen and oxygen atoms in total. The van der Waals surface area contributed by atoms with Crippen molar-refractivity contribution in [2.24, 2.45) is 0 Å². The van der Waals surface area contributed by atoms with Gasteiger partial charge in [0.2, 0.25) is 0 Å². The first kappa shape index (κ1) is 11.2. The number of esters is 1. The Morgan fingerprint density at radius 2 is 1.81 bits per heavy atom. The van der Waals surface area contributed by atoms with Crippen LogP contribution >= 0.6 is 0 Å². The molecule has 1 saturated carbocycles. The summed E-state index contributed by atoms with van der Waals surface area (Å²) in [5.74, 6) is 0.571. The summed E-state index contributed by atoms with van der Waals surface area (Å²) in [4.78, 5) is 11.6. The van der Waals surface area contributed by atoms with Gasteiger partial charge in [-0.05, 0) is 43.7 Å². The summed E-state index contributed by atoms with van der Waals surface area (Å²) in [5, 5.41) is 0. The SMILES string of the molecule is COC(=O)C(C)(C)c1ccc(C2CC2)cc1. The molecule has 0 aromatic heterocycles. The maximum absolute atomic E-state index is 11.6. The fourth-order valence-corrected chi connectivity index (χ4v) is 1.96. The highest BCUT2D eigenvalue weighted by Crippen LogP contribution is 2.40. The van der Waals surface area contributed by atoms with Crippen molar-refractivity contribution in [3.8, 4) is 0 Å². The van der Waals surface area contributed by atoms with E-state index in [1.54, 1.807) is 0 Å². The molecule has 0 amide bonds. The molecular weight excluding hydrogens is 200 g/mol. The molecule has 0 atom stereocenters. The third-order valence-electron chi connectivity index (χ3n) is 3.38. The summed E-state index contributed by atoms with van der Waals surface area (Å²) in [6, 6.07) is 8.37. The second-order valence-electron chi connectivity index (χ2n) is 5.01. The van der Waals surface area contributed by atoms with E-state index >= 15 is 0 Å². The number of carbonyl (C=O) groups excluding carboxylic acids is 1. The molecule has 0 spiro atoms. The number of carbonyl (C=O) groups is 1. The predicted molar refractivity (Wildman–Crippen MR) is 63.5 cm³/mol. The van der Waals surface area contributed by atoms with Gasteiger partial charge in [0.25, 0.3) is 0 Å². The molecule has 0 radical (unpaired) electrons. The van der Waals surface area contributed by atoms with Gasteiger partial charge in [-0.25, -0.2) is 0 Å². The van der Waals surface area contributed by atoms with E-state index in [4.69, 9.17) is 4.74 Å². The third kappa shape index (κ3) is 1.97. The van der Waals surface area contributed by atoms with Gasteiger partial charge in [-0.2, -0.15) is 0 Å². The van der Waals surface area contributed by atoms with E-state index in [2.05, 4.69) is 12.1 Å². The van der Waals surface area contributed by atoms with Crippen LogP contribution in [-0.2, 0) is 14.9 Å². The summed E-state index contributed by atoms with van der Waals surface area (Å²) in [5.41, 5.74) is 1.85. The highest BCUT2D eigenvalue weighted by Gasteiger charge is 2.31. The summed E-state index contributed by atoms with van der Waals surface area (Å²) in [6.45, 7) is 3.79. The normalized spacial score (nSPS) is 15.9. The van der Waals surface area contributed by atoms with Crippen LogP contribution in [0.3, 0.4) is 0 Å². The van der Waals surface area contributed by atoms with Crippen LogP contribution in [0.2, 0.25) is 0 Å².